The summed E-state index contributed by atoms with van der Waals surface area (Å²) in [6.07, 6.45) is 0. The largest absolute Gasteiger partial charge is 0.497 e. The highest BCUT2D eigenvalue weighted by Crippen LogP contribution is 2.31. The van der Waals surface area contributed by atoms with Gasteiger partial charge >= 0.3 is 0 Å². The fraction of sp³-hybridized carbons (Fsp3) is 0.120. The van der Waals surface area contributed by atoms with Gasteiger partial charge in [0.15, 0.2) is 0 Å². The number of amides is 1. The van der Waals surface area contributed by atoms with Crippen LogP contribution in [-0.4, -0.2) is 24.6 Å². The van der Waals surface area contributed by atoms with Crippen molar-refractivity contribution >= 4 is 22.5 Å². The lowest BCUT2D eigenvalue weighted by atomic mass is 10.1. The van der Waals surface area contributed by atoms with Gasteiger partial charge in [-0.05, 0) is 37.3 Å². The van der Waals surface area contributed by atoms with E-state index in [-0.39, 0.29) is 5.91 Å². The fourth-order valence-electron chi connectivity index (χ4n) is 3.27. The lowest BCUT2D eigenvalue weighted by Gasteiger charge is -2.12. The number of aromatic nitrogens is 1. The fourth-order valence-corrected chi connectivity index (χ4v) is 3.27. The molecule has 150 valence electrons. The number of methoxy groups -OCH3 is 1. The van der Waals surface area contributed by atoms with Crippen molar-refractivity contribution in [2.45, 2.75) is 6.92 Å². The van der Waals surface area contributed by atoms with Crippen molar-refractivity contribution in [2.75, 3.05) is 19.0 Å². The summed E-state index contributed by atoms with van der Waals surface area (Å²) in [5.41, 5.74) is 3.82. The minimum atomic E-state index is -0.209. The summed E-state index contributed by atoms with van der Waals surface area (Å²) < 4.78 is 11.1. The molecule has 1 aromatic heterocycles. The molecule has 1 heterocycles. The van der Waals surface area contributed by atoms with E-state index in [2.05, 4.69) is 5.32 Å². The second-order valence-corrected chi connectivity index (χ2v) is 6.72. The van der Waals surface area contributed by atoms with Crippen LogP contribution in [0.3, 0.4) is 0 Å². The maximum absolute atomic E-state index is 12.8. The van der Waals surface area contributed by atoms with E-state index in [0.717, 1.165) is 22.2 Å². The van der Waals surface area contributed by atoms with Gasteiger partial charge in [0.2, 0.25) is 0 Å². The highest BCUT2D eigenvalue weighted by molar-refractivity contribution is 6.07. The summed E-state index contributed by atoms with van der Waals surface area (Å²) in [5.74, 6) is 1.18. The van der Waals surface area contributed by atoms with Crippen LogP contribution >= 0.6 is 0 Å². The molecule has 0 aliphatic heterocycles. The van der Waals surface area contributed by atoms with E-state index in [9.17, 15) is 4.79 Å². The van der Waals surface area contributed by atoms with Crippen LogP contribution in [0.2, 0.25) is 0 Å². The van der Waals surface area contributed by atoms with E-state index in [1.165, 1.54) is 0 Å². The Morgan fingerprint density at radius 1 is 0.967 bits per heavy atom. The van der Waals surface area contributed by atoms with Crippen LogP contribution < -0.4 is 14.8 Å². The predicted molar refractivity (Wildman–Crippen MR) is 119 cm³/mol. The van der Waals surface area contributed by atoms with Crippen LogP contribution in [-0.2, 0) is 0 Å². The van der Waals surface area contributed by atoms with Crippen LogP contribution in [0.15, 0.2) is 78.9 Å². The van der Waals surface area contributed by atoms with E-state index in [4.69, 9.17) is 14.5 Å². The summed E-state index contributed by atoms with van der Waals surface area (Å²) in [5, 5.41) is 3.71. The highest BCUT2D eigenvalue weighted by atomic mass is 16.5. The van der Waals surface area contributed by atoms with E-state index in [1.807, 2.05) is 73.7 Å². The smallest absolute Gasteiger partial charge is 0.255 e. The second kappa shape index (κ2) is 8.66. The number of anilines is 1. The normalized spacial score (nSPS) is 10.6. The number of nitrogens with zero attached hydrogens (tertiary/aromatic N) is 1. The van der Waals surface area contributed by atoms with Crippen molar-refractivity contribution < 1.29 is 14.3 Å². The molecule has 0 bridgehead atoms. The van der Waals surface area contributed by atoms with Crippen LogP contribution in [0, 0.1) is 0 Å². The minimum Gasteiger partial charge on any atom is -0.497 e. The molecule has 3 aromatic carbocycles. The zero-order valence-electron chi connectivity index (χ0n) is 16.9. The zero-order valence-corrected chi connectivity index (χ0v) is 16.9. The van der Waals surface area contributed by atoms with Crippen LogP contribution in [0.4, 0.5) is 5.69 Å². The quantitative estimate of drug-likeness (QED) is 0.462. The number of fused-ring (bicyclic) bond motifs is 1. The molecule has 0 fully saturated rings. The molecular weight excluding hydrogens is 376 g/mol. The van der Waals surface area contributed by atoms with Crippen LogP contribution in [0.1, 0.15) is 17.3 Å². The molecule has 0 aliphatic carbocycles. The summed E-state index contributed by atoms with van der Waals surface area (Å²) in [6, 6.07) is 24.6. The Balaban J connectivity index is 1.70. The van der Waals surface area contributed by atoms with Gasteiger partial charge < -0.3 is 14.8 Å². The van der Waals surface area contributed by atoms with Crippen molar-refractivity contribution in [3.05, 3.63) is 84.4 Å². The van der Waals surface area contributed by atoms with E-state index in [1.54, 1.807) is 19.2 Å². The Kier molecular flexibility index (Phi) is 5.61. The third-order valence-electron chi connectivity index (χ3n) is 4.73. The third kappa shape index (κ3) is 4.10. The minimum absolute atomic E-state index is 0.209. The predicted octanol–water partition coefficient (Wildman–Crippen LogP) is 5.56. The molecule has 4 aromatic rings. The summed E-state index contributed by atoms with van der Waals surface area (Å²) >= 11 is 0. The number of carbonyl (C=O) groups excluding carboxylic acids is 1. The van der Waals surface area contributed by atoms with Gasteiger partial charge in [-0.15, -0.1) is 0 Å². The molecule has 5 heteroatoms. The van der Waals surface area contributed by atoms with Gasteiger partial charge in [0, 0.05) is 34.3 Å². The molecule has 30 heavy (non-hydrogen) atoms. The lowest BCUT2D eigenvalue weighted by Crippen LogP contribution is -2.12. The maximum atomic E-state index is 12.8. The number of hydrogen-bond donors (Lipinski definition) is 1. The number of carbonyl (C=O) groups is 1. The summed E-state index contributed by atoms with van der Waals surface area (Å²) in [4.78, 5) is 17.6. The molecule has 0 aliphatic rings. The average molecular weight is 398 g/mol. The second-order valence-electron chi connectivity index (χ2n) is 6.72. The maximum Gasteiger partial charge on any atom is 0.255 e. The summed E-state index contributed by atoms with van der Waals surface area (Å²) in [6.45, 7) is 2.46. The average Bonchev–Trinajstić information content (AvgIpc) is 2.79. The van der Waals surface area contributed by atoms with Crippen LogP contribution in [0.25, 0.3) is 22.2 Å². The number of nitrogens with one attached hydrogen (secondary N) is 1. The number of pyridine rings is 1. The number of ether oxygens (including phenoxy) is 2. The first-order valence-electron chi connectivity index (χ1n) is 9.76. The summed E-state index contributed by atoms with van der Waals surface area (Å²) in [7, 11) is 1.59. The molecular formula is C25H22N2O3. The SMILES string of the molecule is CCOc1cc(-c2ccccc2)nc2ccc(C(=O)Nc3cccc(OC)c3)cc12. The molecule has 0 saturated heterocycles. The van der Waals surface area contributed by atoms with Gasteiger partial charge in [-0.3, -0.25) is 4.79 Å². The lowest BCUT2D eigenvalue weighted by molar-refractivity contribution is 0.102. The first-order chi connectivity index (χ1) is 14.7. The number of benzene rings is 3. The van der Waals surface area contributed by atoms with Crippen molar-refractivity contribution in [1.82, 2.24) is 4.98 Å². The van der Waals surface area contributed by atoms with Gasteiger partial charge in [0.05, 0.1) is 24.9 Å². The molecule has 4 rings (SSSR count). The number of hydrogen-bond acceptors (Lipinski definition) is 4. The Morgan fingerprint density at radius 3 is 2.57 bits per heavy atom. The van der Waals surface area contributed by atoms with Gasteiger partial charge in [0.25, 0.3) is 5.91 Å². The van der Waals surface area contributed by atoms with Gasteiger partial charge in [-0.2, -0.15) is 0 Å². The Bertz CT molecular complexity index is 1190. The monoisotopic (exact) mass is 398 g/mol. The zero-order chi connectivity index (χ0) is 20.9. The standard InChI is InChI=1S/C25H22N2O3/c1-3-30-24-16-23(17-8-5-4-6-9-17)27-22-13-12-18(14-21(22)24)25(28)26-19-10-7-11-20(15-19)29-2/h4-16H,3H2,1-2H3,(H,26,28). The highest BCUT2D eigenvalue weighted by Gasteiger charge is 2.13. The molecule has 0 spiro atoms. The van der Waals surface area contributed by atoms with Crippen molar-refractivity contribution in [2.24, 2.45) is 0 Å². The number of rotatable bonds is 6. The van der Waals surface area contributed by atoms with E-state index < -0.39 is 0 Å². The first kappa shape index (κ1) is 19.5. The Morgan fingerprint density at radius 2 is 1.80 bits per heavy atom. The first-order valence-corrected chi connectivity index (χ1v) is 9.76. The topological polar surface area (TPSA) is 60.5 Å². The van der Waals surface area contributed by atoms with Gasteiger partial charge in [-0.25, -0.2) is 4.98 Å². The molecule has 0 unspecified atom stereocenters. The van der Waals surface area contributed by atoms with Crippen molar-refractivity contribution in [3.8, 4) is 22.8 Å². The molecule has 1 N–H and O–H groups in total. The molecule has 0 radical (unpaired) electrons. The molecule has 5 nitrogen and oxygen atoms in total. The van der Waals surface area contributed by atoms with Crippen molar-refractivity contribution in [1.29, 1.82) is 0 Å². The Labute approximate surface area is 175 Å². The Hall–Kier alpha value is -3.86. The molecule has 1 amide bonds. The third-order valence-corrected chi connectivity index (χ3v) is 4.73. The van der Waals surface area contributed by atoms with Crippen LogP contribution in [0.5, 0.6) is 11.5 Å². The van der Waals surface area contributed by atoms with E-state index >= 15 is 0 Å². The van der Waals surface area contributed by atoms with Crippen molar-refractivity contribution in [3.63, 3.8) is 0 Å². The molecule has 0 saturated carbocycles. The molecule has 0 atom stereocenters. The van der Waals surface area contributed by atoms with Gasteiger partial charge in [0.1, 0.15) is 11.5 Å². The van der Waals surface area contributed by atoms with Gasteiger partial charge in [-0.1, -0.05) is 36.4 Å². The van der Waals surface area contributed by atoms with E-state index in [0.29, 0.717) is 29.4 Å².